The Bertz CT molecular complexity index is 342. The number of benzene rings is 1. The maximum Gasteiger partial charge on any atom is 0.135 e. The van der Waals surface area contributed by atoms with Crippen molar-refractivity contribution in [1.82, 2.24) is 0 Å². The summed E-state index contributed by atoms with van der Waals surface area (Å²) in [7, 11) is -2.61. The lowest BCUT2D eigenvalue weighted by Gasteiger charge is -2.16. The molecule has 2 N–H and O–H groups in total. The van der Waals surface area contributed by atoms with Crippen LogP contribution >= 0.6 is 7.14 Å². The van der Waals surface area contributed by atoms with E-state index >= 15 is 0 Å². The van der Waals surface area contributed by atoms with Gasteiger partial charge in [0.05, 0.1) is 0 Å². The molecule has 3 nitrogen and oxygen atoms in total. The molecule has 0 aliphatic heterocycles. The molecule has 0 bridgehead atoms. The Labute approximate surface area is 77.4 Å². The summed E-state index contributed by atoms with van der Waals surface area (Å²) in [5.74, 6) is -1.09. The first kappa shape index (κ1) is 10.3. The molecule has 0 aliphatic carbocycles. The van der Waals surface area contributed by atoms with Gasteiger partial charge < -0.3 is 14.8 Å². The second-order valence-corrected chi connectivity index (χ2v) is 6.72. The first-order chi connectivity index (χ1) is 5.93. The van der Waals surface area contributed by atoms with Gasteiger partial charge in [-0.3, -0.25) is 0 Å². The summed E-state index contributed by atoms with van der Waals surface area (Å²) in [6.07, 6.45) is 0. The van der Waals surface area contributed by atoms with Crippen LogP contribution in [0.25, 0.3) is 0 Å². The van der Waals surface area contributed by atoms with E-state index in [1.165, 1.54) is 19.4 Å². The first-order valence-electron chi connectivity index (χ1n) is 3.93. The van der Waals surface area contributed by atoms with Crippen LogP contribution in [0.3, 0.4) is 0 Å². The van der Waals surface area contributed by atoms with Gasteiger partial charge in [0.1, 0.15) is 18.7 Å². The van der Waals surface area contributed by atoms with Crippen LogP contribution < -0.4 is 0 Å². The van der Waals surface area contributed by atoms with Gasteiger partial charge in [-0.15, -0.1) is 0 Å². The predicted octanol–water partition coefficient (Wildman–Crippen LogP) is 2.01. The Morgan fingerprint density at radius 3 is 2.31 bits per heavy atom. The van der Waals surface area contributed by atoms with E-state index in [1.807, 2.05) is 0 Å². The standard InChI is InChI=1S/C9H13O3P/c1-13(2,12)9(11)7-5-3-4-6-8(7)10/h3-6,9-11H,1-2H3. The fraction of sp³-hybridized carbons (Fsp3) is 0.333. The maximum absolute atomic E-state index is 11.5. The molecule has 4 heteroatoms. The second kappa shape index (κ2) is 3.52. The third kappa shape index (κ3) is 2.33. The van der Waals surface area contributed by atoms with Crippen LogP contribution in [0.1, 0.15) is 11.4 Å². The van der Waals surface area contributed by atoms with Gasteiger partial charge in [-0.2, -0.15) is 0 Å². The highest BCUT2D eigenvalue weighted by Crippen LogP contribution is 2.52. The van der Waals surface area contributed by atoms with Crippen molar-refractivity contribution in [2.45, 2.75) is 5.85 Å². The van der Waals surface area contributed by atoms with E-state index in [2.05, 4.69) is 0 Å². The lowest BCUT2D eigenvalue weighted by molar-refractivity contribution is 0.249. The van der Waals surface area contributed by atoms with Gasteiger partial charge in [-0.25, -0.2) is 0 Å². The number of hydrogen-bond acceptors (Lipinski definition) is 3. The van der Waals surface area contributed by atoms with E-state index < -0.39 is 13.0 Å². The van der Waals surface area contributed by atoms with Crippen molar-refractivity contribution < 1.29 is 14.8 Å². The number of phenols is 1. The number of aromatic hydroxyl groups is 1. The third-order valence-electron chi connectivity index (χ3n) is 1.80. The summed E-state index contributed by atoms with van der Waals surface area (Å²) in [4.78, 5) is 0. The van der Waals surface area contributed by atoms with Crippen LogP contribution in [0.15, 0.2) is 24.3 Å². The normalized spacial score (nSPS) is 14.1. The quantitative estimate of drug-likeness (QED) is 0.718. The minimum Gasteiger partial charge on any atom is -0.508 e. The first-order valence-corrected chi connectivity index (χ1v) is 6.60. The number of aliphatic hydroxyl groups is 1. The van der Waals surface area contributed by atoms with Gasteiger partial charge in [0, 0.05) is 5.56 Å². The third-order valence-corrected chi connectivity index (χ3v) is 3.26. The molecule has 1 aromatic rings. The molecule has 0 aliphatic rings. The SMILES string of the molecule is CP(C)(=O)C(O)c1ccccc1O. The summed E-state index contributed by atoms with van der Waals surface area (Å²) < 4.78 is 11.5. The molecule has 1 rings (SSSR count). The Balaban J connectivity index is 3.09. The van der Waals surface area contributed by atoms with Crippen LogP contribution in [0.2, 0.25) is 0 Å². The van der Waals surface area contributed by atoms with Gasteiger partial charge in [0.25, 0.3) is 0 Å². The van der Waals surface area contributed by atoms with Crippen molar-refractivity contribution in [1.29, 1.82) is 0 Å². The molecule has 0 fully saturated rings. The Kier molecular flexibility index (Phi) is 2.79. The molecule has 0 amide bonds. The topological polar surface area (TPSA) is 57.5 Å². The summed E-state index contributed by atoms with van der Waals surface area (Å²) in [5.41, 5.74) is 0.329. The average molecular weight is 200 g/mol. The zero-order valence-corrected chi connectivity index (χ0v) is 8.53. The largest absolute Gasteiger partial charge is 0.508 e. The highest BCUT2D eigenvalue weighted by Gasteiger charge is 2.24. The highest BCUT2D eigenvalue weighted by atomic mass is 31.2. The van der Waals surface area contributed by atoms with Crippen LogP contribution in [0, 0.1) is 0 Å². The van der Waals surface area contributed by atoms with Crippen molar-refractivity contribution in [2.24, 2.45) is 0 Å². The van der Waals surface area contributed by atoms with Crippen molar-refractivity contribution in [3.05, 3.63) is 29.8 Å². The highest BCUT2D eigenvalue weighted by molar-refractivity contribution is 7.62. The Morgan fingerprint density at radius 1 is 1.31 bits per heavy atom. The van der Waals surface area contributed by atoms with Gasteiger partial charge >= 0.3 is 0 Å². The van der Waals surface area contributed by atoms with Crippen molar-refractivity contribution >= 4 is 7.14 Å². The van der Waals surface area contributed by atoms with Gasteiger partial charge in [-0.05, 0) is 19.4 Å². The molecule has 72 valence electrons. The summed E-state index contributed by atoms with van der Waals surface area (Å²) in [5, 5.41) is 19.0. The van der Waals surface area contributed by atoms with E-state index in [9.17, 15) is 14.8 Å². The zero-order chi connectivity index (χ0) is 10.1. The monoisotopic (exact) mass is 200 g/mol. The summed E-state index contributed by atoms with van der Waals surface area (Å²) >= 11 is 0. The maximum atomic E-state index is 11.5. The Hall–Kier alpha value is -0.790. The predicted molar refractivity (Wildman–Crippen MR) is 52.5 cm³/mol. The number of phenolic OH excluding ortho intramolecular Hbond substituents is 1. The van der Waals surface area contributed by atoms with Gasteiger partial charge in [0.15, 0.2) is 0 Å². The van der Waals surface area contributed by atoms with Crippen LogP contribution in [0.4, 0.5) is 0 Å². The van der Waals surface area contributed by atoms with E-state index in [4.69, 9.17) is 0 Å². The fourth-order valence-electron chi connectivity index (χ4n) is 1.04. The summed E-state index contributed by atoms with van der Waals surface area (Å²) in [6, 6.07) is 6.38. The lowest BCUT2D eigenvalue weighted by Crippen LogP contribution is -1.97. The number of rotatable bonds is 2. The van der Waals surface area contributed by atoms with E-state index in [-0.39, 0.29) is 5.75 Å². The van der Waals surface area contributed by atoms with E-state index in [0.29, 0.717) is 5.56 Å². The molecular weight excluding hydrogens is 187 g/mol. The van der Waals surface area contributed by atoms with Gasteiger partial charge in [0.2, 0.25) is 0 Å². The smallest absolute Gasteiger partial charge is 0.135 e. The van der Waals surface area contributed by atoms with Gasteiger partial charge in [-0.1, -0.05) is 18.2 Å². The number of para-hydroxylation sites is 1. The number of aliphatic hydroxyl groups excluding tert-OH is 1. The van der Waals surface area contributed by atoms with Crippen LogP contribution in [-0.4, -0.2) is 23.5 Å². The second-order valence-electron chi connectivity index (χ2n) is 3.37. The van der Waals surface area contributed by atoms with Crippen molar-refractivity contribution in [3.8, 4) is 5.75 Å². The number of hydrogen-bond donors (Lipinski definition) is 2. The minimum atomic E-state index is -2.61. The summed E-state index contributed by atoms with van der Waals surface area (Å²) in [6.45, 7) is 2.98. The molecule has 0 radical (unpaired) electrons. The molecule has 1 unspecified atom stereocenters. The van der Waals surface area contributed by atoms with Crippen LogP contribution in [-0.2, 0) is 4.57 Å². The lowest BCUT2D eigenvalue weighted by atomic mass is 10.2. The Morgan fingerprint density at radius 2 is 1.85 bits per heavy atom. The molecule has 13 heavy (non-hydrogen) atoms. The zero-order valence-electron chi connectivity index (χ0n) is 7.64. The van der Waals surface area contributed by atoms with E-state index in [0.717, 1.165) is 0 Å². The molecule has 0 aromatic heterocycles. The molecule has 0 saturated carbocycles. The fourth-order valence-corrected chi connectivity index (χ4v) is 1.93. The van der Waals surface area contributed by atoms with E-state index in [1.54, 1.807) is 18.2 Å². The average Bonchev–Trinajstić information content (AvgIpc) is 2.02. The molecule has 1 aromatic carbocycles. The van der Waals surface area contributed by atoms with Crippen LogP contribution in [0.5, 0.6) is 5.75 Å². The minimum absolute atomic E-state index is 0.0149. The van der Waals surface area contributed by atoms with Crippen molar-refractivity contribution in [3.63, 3.8) is 0 Å². The molecule has 0 saturated heterocycles. The molecule has 0 spiro atoms. The molecule has 0 heterocycles. The van der Waals surface area contributed by atoms with Crippen molar-refractivity contribution in [2.75, 3.05) is 13.3 Å². The molecule has 1 atom stereocenters. The molecular formula is C9H13O3P.